The van der Waals surface area contributed by atoms with Crippen molar-refractivity contribution in [3.8, 4) is 5.75 Å². The first kappa shape index (κ1) is 13.2. The van der Waals surface area contributed by atoms with Gasteiger partial charge in [0, 0.05) is 24.7 Å². The Morgan fingerprint density at radius 3 is 2.63 bits per heavy atom. The highest BCUT2D eigenvalue weighted by molar-refractivity contribution is 6.04. The van der Waals surface area contributed by atoms with Gasteiger partial charge in [-0.3, -0.25) is 4.79 Å². The molecular formula is C15H17NO3. The number of hydrogen-bond donors (Lipinski definition) is 1. The summed E-state index contributed by atoms with van der Waals surface area (Å²) in [5, 5.41) is 9.49. The highest BCUT2D eigenvalue weighted by Crippen LogP contribution is 2.22. The Morgan fingerprint density at radius 1 is 1.26 bits per heavy atom. The number of hydrogen-bond acceptors (Lipinski definition) is 3. The van der Waals surface area contributed by atoms with Crippen LogP contribution in [0.15, 0.2) is 40.8 Å². The second kappa shape index (κ2) is 5.61. The van der Waals surface area contributed by atoms with E-state index < -0.39 is 0 Å². The first-order chi connectivity index (χ1) is 9.15. The van der Waals surface area contributed by atoms with Crippen molar-refractivity contribution in [1.82, 2.24) is 0 Å². The number of amides is 1. The Kier molecular flexibility index (Phi) is 3.90. The summed E-state index contributed by atoms with van der Waals surface area (Å²) in [4.78, 5) is 13.9. The molecule has 2 aromatic rings. The van der Waals surface area contributed by atoms with Gasteiger partial charge in [-0.15, -0.1) is 0 Å². The average molecular weight is 259 g/mol. The molecule has 1 N–H and O–H groups in total. The van der Waals surface area contributed by atoms with E-state index in [2.05, 4.69) is 0 Å². The van der Waals surface area contributed by atoms with Gasteiger partial charge in [-0.05, 0) is 31.2 Å². The maximum absolute atomic E-state index is 12.4. The number of rotatable bonds is 4. The highest BCUT2D eigenvalue weighted by atomic mass is 16.4. The lowest BCUT2D eigenvalue weighted by Crippen LogP contribution is -2.30. The second-order valence-electron chi connectivity index (χ2n) is 4.19. The van der Waals surface area contributed by atoms with Crippen molar-refractivity contribution in [2.24, 2.45) is 0 Å². The standard InChI is InChI=1S/C15H17NO3/c1-3-13-8-9-14(19-13)15(18)16(4-2)11-6-5-7-12(17)10-11/h5-10,17H,3-4H2,1-2H3. The molecule has 0 bridgehead atoms. The van der Waals surface area contributed by atoms with Crippen LogP contribution in [0.25, 0.3) is 0 Å². The van der Waals surface area contributed by atoms with Crippen LogP contribution >= 0.6 is 0 Å². The smallest absolute Gasteiger partial charge is 0.293 e. The summed E-state index contributed by atoms with van der Waals surface area (Å²) < 4.78 is 5.48. The number of anilines is 1. The molecule has 0 saturated heterocycles. The van der Waals surface area contributed by atoms with Crippen molar-refractivity contribution < 1.29 is 14.3 Å². The van der Waals surface area contributed by atoms with Crippen LogP contribution in [0, 0.1) is 0 Å². The minimum atomic E-state index is -0.201. The van der Waals surface area contributed by atoms with Crippen LogP contribution in [0.3, 0.4) is 0 Å². The highest BCUT2D eigenvalue weighted by Gasteiger charge is 2.19. The fourth-order valence-electron chi connectivity index (χ4n) is 1.92. The van der Waals surface area contributed by atoms with Crippen LogP contribution in [0.5, 0.6) is 5.75 Å². The van der Waals surface area contributed by atoms with E-state index in [-0.39, 0.29) is 11.7 Å². The fraction of sp³-hybridized carbons (Fsp3) is 0.267. The van der Waals surface area contributed by atoms with Crippen molar-refractivity contribution in [3.63, 3.8) is 0 Å². The molecule has 1 heterocycles. The van der Waals surface area contributed by atoms with E-state index in [9.17, 15) is 9.90 Å². The van der Waals surface area contributed by atoms with Crippen LogP contribution in [0.2, 0.25) is 0 Å². The molecule has 0 atom stereocenters. The van der Waals surface area contributed by atoms with E-state index in [1.165, 1.54) is 0 Å². The zero-order valence-electron chi connectivity index (χ0n) is 11.1. The number of furan rings is 1. The molecule has 0 fully saturated rings. The number of carbonyl (C=O) groups excluding carboxylic acids is 1. The van der Waals surface area contributed by atoms with Gasteiger partial charge < -0.3 is 14.4 Å². The fourth-order valence-corrected chi connectivity index (χ4v) is 1.92. The third kappa shape index (κ3) is 2.78. The zero-order chi connectivity index (χ0) is 13.8. The third-order valence-electron chi connectivity index (χ3n) is 2.92. The lowest BCUT2D eigenvalue weighted by atomic mass is 10.2. The molecule has 4 nitrogen and oxygen atoms in total. The summed E-state index contributed by atoms with van der Waals surface area (Å²) >= 11 is 0. The maximum atomic E-state index is 12.4. The van der Waals surface area contributed by atoms with Crippen molar-refractivity contribution in [3.05, 3.63) is 47.9 Å². The van der Waals surface area contributed by atoms with Crippen LogP contribution in [-0.2, 0) is 6.42 Å². The molecular weight excluding hydrogens is 242 g/mol. The van der Waals surface area contributed by atoms with Crippen molar-refractivity contribution >= 4 is 11.6 Å². The maximum Gasteiger partial charge on any atom is 0.293 e. The quantitative estimate of drug-likeness (QED) is 0.917. The number of benzene rings is 1. The summed E-state index contributed by atoms with van der Waals surface area (Å²) in [5.41, 5.74) is 0.655. The number of phenolic OH excluding ortho intramolecular Hbond substituents is 1. The SMILES string of the molecule is CCc1ccc(C(=O)N(CC)c2cccc(O)c2)o1. The molecule has 0 aliphatic rings. The molecule has 0 saturated carbocycles. The van der Waals surface area contributed by atoms with Gasteiger partial charge in [-0.1, -0.05) is 13.0 Å². The van der Waals surface area contributed by atoms with Crippen LogP contribution in [-0.4, -0.2) is 17.6 Å². The summed E-state index contributed by atoms with van der Waals surface area (Å²) in [5.74, 6) is 1.04. The normalized spacial score (nSPS) is 10.4. The molecule has 1 aromatic heterocycles. The first-order valence-electron chi connectivity index (χ1n) is 6.35. The predicted octanol–water partition coefficient (Wildman–Crippen LogP) is 3.21. The van der Waals surface area contributed by atoms with E-state index in [0.717, 1.165) is 12.2 Å². The monoisotopic (exact) mass is 259 g/mol. The predicted molar refractivity (Wildman–Crippen MR) is 73.5 cm³/mol. The Balaban J connectivity index is 2.29. The number of nitrogens with zero attached hydrogens (tertiary/aromatic N) is 1. The first-order valence-corrected chi connectivity index (χ1v) is 6.35. The minimum Gasteiger partial charge on any atom is -0.508 e. The molecule has 1 aromatic carbocycles. The van der Waals surface area contributed by atoms with Crippen molar-refractivity contribution in [2.75, 3.05) is 11.4 Å². The van der Waals surface area contributed by atoms with Gasteiger partial charge in [0.05, 0.1) is 0 Å². The Labute approximate surface area is 112 Å². The molecule has 2 rings (SSSR count). The molecule has 0 spiro atoms. The average Bonchev–Trinajstić information content (AvgIpc) is 2.88. The Hall–Kier alpha value is -2.23. The molecule has 0 aliphatic heterocycles. The van der Waals surface area contributed by atoms with E-state index in [1.54, 1.807) is 35.2 Å². The van der Waals surface area contributed by atoms with E-state index in [0.29, 0.717) is 18.0 Å². The molecule has 4 heteroatoms. The summed E-state index contributed by atoms with van der Waals surface area (Å²) in [6, 6.07) is 10.1. The molecule has 0 unspecified atom stereocenters. The summed E-state index contributed by atoms with van der Waals surface area (Å²) in [7, 11) is 0. The summed E-state index contributed by atoms with van der Waals surface area (Å²) in [6.07, 6.45) is 0.755. The van der Waals surface area contributed by atoms with Gasteiger partial charge in [0.25, 0.3) is 5.91 Å². The number of carbonyl (C=O) groups is 1. The lowest BCUT2D eigenvalue weighted by Gasteiger charge is -2.19. The van der Waals surface area contributed by atoms with Gasteiger partial charge in [0.15, 0.2) is 5.76 Å². The largest absolute Gasteiger partial charge is 0.508 e. The summed E-state index contributed by atoms with van der Waals surface area (Å²) in [6.45, 7) is 4.36. The molecule has 0 aliphatic carbocycles. The van der Waals surface area contributed by atoms with Crippen molar-refractivity contribution in [2.45, 2.75) is 20.3 Å². The Morgan fingerprint density at radius 2 is 2.05 bits per heavy atom. The Bertz CT molecular complexity index is 574. The molecule has 0 radical (unpaired) electrons. The van der Waals surface area contributed by atoms with Crippen LogP contribution < -0.4 is 4.90 Å². The lowest BCUT2D eigenvalue weighted by molar-refractivity contribution is 0.0960. The molecule has 19 heavy (non-hydrogen) atoms. The topological polar surface area (TPSA) is 53.7 Å². The number of aryl methyl sites for hydroxylation is 1. The van der Waals surface area contributed by atoms with Crippen molar-refractivity contribution in [1.29, 1.82) is 0 Å². The number of aromatic hydroxyl groups is 1. The van der Waals surface area contributed by atoms with Gasteiger partial charge in [-0.25, -0.2) is 0 Å². The van der Waals surface area contributed by atoms with Gasteiger partial charge >= 0.3 is 0 Å². The van der Waals surface area contributed by atoms with E-state index in [1.807, 2.05) is 19.9 Å². The van der Waals surface area contributed by atoms with Gasteiger partial charge in [0.1, 0.15) is 11.5 Å². The van der Waals surface area contributed by atoms with Gasteiger partial charge in [0.2, 0.25) is 0 Å². The zero-order valence-corrected chi connectivity index (χ0v) is 11.1. The molecule has 100 valence electrons. The minimum absolute atomic E-state index is 0.137. The number of phenols is 1. The van der Waals surface area contributed by atoms with Crippen LogP contribution in [0.1, 0.15) is 30.2 Å². The van der Waals surface area contributed by atoms with Gasteiger partial charge in [-0.2, -0.15) is 0 Å². The second-order valence-corrected chi connectivity index (χ2v) is 4.19. The van der Waals surface area contributed by atoms with Crippen LogP contribution in [0.4, 0.5) is 5.69 Å². The van der Waals surface area contributed by atoms with E-state index in [4.69, 9.17) is 4.42 Å². The third-order valence-corrected chi connectivity index (χ3v) is 2.92. The molecule has 1 amide bonds. The van der Waals surface area contributed by atoms with E-state index >= 15 is 0 Å².